The Kier molecular flexibility index (Phi) is 8.10. The van der Waals surface area contributed by atoms with E-state index in [2.05, 4.69) is 5.32 Å². The number of amides is 2. The summed E-state index contributed by atoms with van der Waals surface area (Å²) in [4.78, 5) is 25.9. The molecule has 2 aromatic carbocycles. The standard InChI is InChI=1S/C21H21F2N3O2/c22-17-13-16(14-18(23)15-17)9-11-25-20(27)7-8-21(28)26(12-4-10-24)19-5-2-1-3-6-19/h1-3,5-6,13-15H,4,7-9,11-12H2,(H,25,27). The molecular weight excluding hydrogens is 364 g/mol. The number of rotatable bonds is 9. The van der Waals surface area contributed by atoms with Crippen molar-refractivity contribution in [2.75, 3.05) is 18.0 Å². The normalized spacial score (nSPS) is 10.2. The zero-order valence-electron chi connectivity index (χ0n) is 15.3. The first-order valence-corrected chi connectivity index (χ1v) is 8.93. The van der Waals surface area contributed by atoms with Crippen LogP contribution in [0, 0.1) is 23.0 Å². The Bertz CT molecular complexity index is 830. The highest BCUT2D eigenvalue weighted by atomic mass is 19.1. The molecule has 7 heteroatoms. The maximum absolute atomic E-state index is 13.1. The maximum atomic E-state index is 13.1. The van der Waals surface area contributed by atoms with E-state index in [0.717, 1.165) is 6.07 Å². The summed E-state index contributed by atoms with van der Waals surface area (Å²) in [6.45, 7) is 0.471. The molecule has 0 spiro atoms. The Morgan fingerprint density at radius 2 is 1.71 bits per heavy atom. The predicted octanol–water partition coefficient (Wildman–Crippen LogP) is 3.35. The highest BCUT2D eigenvalue weighted by molar-refractivity contribution is 5.95. The van der Waals surface area contributed by atoms with Crippen LogP contribution in [-0.2, 0) is 16.0 Å². The molecule has 2 aromatic rings. The van der Waals surface area contributed by atoms with Crippen LogP contribution in [0.5, 0.6) is 0 Å². The molecule has 0 radical (unpaired) electrons. The number of carbonyl (C=O) groups excluding carboxylic acids is 2. The van der Waals surface area contributed by atoms with Gasteiger partial charge < -0.3 is 10.2 Å². The minimum atomic E-state index is -0.662. The highest BCUT2D eigenvalue weighted by Gasteiger charge is 2.16. The van der Waals surface area contributed by atoms with Crippen LogP contribution < -0.4 is 10.2 Å². The largest absolute Gasteiger partial charge is 0.356 e. The van der Waals surface area contributed by atoms with Crippen molar-refractivity contribution in [1.82, 2.24) is 5.32 Å². The number of anilines is 1. The Hall–Kier alpha value is -3.27. The molecule has 0 bridgehead atoms. The van der Waals surface area contributed by atoms with E-state index < -0.39 is 11.6 Å². The minimum Gasteiger partial charge on any atom is -0.356 e. The molecule has 28 heavy (non-hydrogen) atoms. The van der Waals surface area contributed by atoms with Gasteiger partial charge in [0, 0.05) is 37.7 Å². The van der Waals surface area contributed by atoms with Gasteiger partial charge in [0.15, 0.2) is 0 Å². The van der Waals surface area contributed by atoms with Gasteiger partial charge in [0.1, 0.15) is 11.6 Å². The molecule has 0 unspecified atom stereocenters. The molecule has 0 aliphatic carbocycles. The number of nitrogens with zero attached hydrogens (tertiary/aromatic N) is 2. The van der Waals surface area contributed by atoms with Crippen LogP contribution in [0.1, 0.15) is 24.8 Å². The van der Waals surface area contributed by atoms with Crippen molar-refractivity contribution in [2.45, 2.75) is 25.7 Å². The van der Waals surface area contributed by atoms with Crippen LogP contribution in [-0.4, -0.2) is 24.9 Å². The fourth-order valence-electron chi connectivity index (χ4n) is 2.71. The average molecular weight is 385 g/mol. The van der Waals surface area contributed by atoms with Crippen LogP contribution in [0.15, 0.2) is 48.5 Å². The summed E-state index contributed by atoms with van der Waals surface area (Å²) in [5.41, 5.74) is 1.12. The van der Waals surface area contributed by atoms with Gasteiger partial charge in [-0.15, -0.1) is 0 Å². The summed E-state index contributed by atoms with van der Waals surface area (Å²) in [7, 11) is 0. The second-order valence-corrected chi connectivity index (χ2v) is 6.17. The van der Waals surface area contributed by atoms with Gasteiger partial charge >= 0.3 is 0 Å². The van der Waals surface area contributed by atoms with Crippen LogP contribution in [0.3, 0.4) is 0 Å². The van der Waals surface area contributed by atoms with Gasteiger partial charge in [-0.1, -0.05) is 18.2 Å². The molecule has 0 fully saturated rings. The van der Waals surface area contributed by atoms with E-state index >= 15 is 0 Å². The van der Waals surface area contributed by atoms with Gasteiger partial charge in [0.2, 0.25) is 11.8 Å². The third-order valence-corrected chi connectivity index (χ3v) is 4.04. The molecule has 0 aliphatic heterocycles. The van der Waals surface area contributed by atoms with Gasteiger partial charge in [-0.25, -0.2) is 8.78 Å². The van der Waals surface area contributed by atoms with E-state index in [-0.39, 0.29) is 50.6 Å². The average Bonchev–Trinajstić information content (AvgIpc) is 2.67. The van der Waals surface area contributed by atoms with Crippen LogP contribution in [0.2, 0.25) is 0 Å². The summed E-state index contributed by atoms with van der Waals surface area (Å²) in [6, 6.07) is 14.2. The van der Waals surface area contributed by atoms with Gasteiger partial charge in [-0.3, -0.25) is 9.59 Å². The second-order valence-electron chi connectivity index (χ2n) is 6.17. The number of benzene rings is 2. The molecule has 1 N–H and O–H groups in total. The Morgan fingerprint density at radius 3 is 2.36 bits per heavy atom. The Balaban J connectivity index is 1.81. The van der Waals surface area contributed by atoms with Crippen molar-refractivity contribution in [1.29, 1.82) is 5.26 Å². The van der Waals surface area contributed by atoms with E-state index in [4.69, 9.17) is 5.26 Å². The lowest BCUT2D eigenvalue weighted by Crippen LogP contribution is -2.33. The minimum absolute atomic E-state index is 0.000744. The first-order chi connectivity index (χ1) is 13.5. The molecule has 0 saturated heterocycles. The summed E-state index contributed by atoms with van der Waals surface area (Å²) >= 11 is 0. The Morgan fingerprint density at radius 1 is 1.04 bits per heavy atom. The number of halogens is 2. The monoisotopic (exact) mass is 385 g/mol. The fraction of sp³-hybridized carbons (Fsp3) is 0.286. The molecule has 0 aliphatic rings. The van der Waals surface area contributed by atoms with Gasteiger partial charge in [0.05, 0.1) is 12.5 Å². The first kappa shape index (κ1) is 21.0. The zero-order valence-corrected chi connectivity index (χ0v) is 15.3. The summed E-state index contributed by atoms with van der Waals surface area (Å²) < 4.78 is 26.3. The third kappa shape index (κ3) is 6.80. The van der Waals surface area contributed by atoms with Crippen molar-refractivity contribution in [3.05, 3.63) is 65.7 Å². The van der Waals surface area contributed by atoms with Gasteiger partial charge in [-0.2, -0.15) is 5.26 Å². The fourth-order valence-corrected chi connectivity index (χ4v) is 2.71. The number of hydrogen-bond donors (Lipinski definition) is 1. The second kappa shape index (κ2) is 10.8. The van der Waals surface area contributed by atoms with Crippen molar-refractivity contribution in [2.24, 2.45) is 0 Å². The van der Waals surface area contributed by atoms with E-state index in [0.29, 0.717) is 11.3 Å². The molecule has 0 aromatic heterocycles. The number of nitriles is 1. The lowest BCUT2D eigenvalue weighted by Gasteiger charge is -2.21. The highest BCUT2D eigenvalue weighted by Crippen LogP contribution is 2.15. The van der Waals surface area contributed by atoms with E-state index in [1.807, 2.05) is 12.1 Å². The van der Waals surface area contributed by atoms with Crippen LogP contribution in [0.25, 0.3) is 0 Å². The summed E-state index contributed by atoms with van der Waals surface area (Å²) in [5.74, 6) is -1.89. The van der Waals surface area contributed by atoms with E-state index in [9.17, 15) is 18.4 Å². The van der Waals surface area contributed by atoms with E-state index in [1.54, 1.807) is 24.3 Å². The lowest BCUT2D eigenvalue weighted by atomic mass is 10.1. The lowest BCUT2D eigenvalue weighted by molar-refractivity contribution is -0.125. The third-order valence-electron chi connectivity index (χ3n) is 4.04. The number of para-hydroxylation sites is 1. The molecule has 0 heterocycles. The topological polar surface area (TPSA) is 73.2 Å². The first-order valence-electron chi connectivity index (χ1n) is 8.93. The van der Waals surface area contributed by atoms with Crippen molar-refractivity contribution < 1.29 is 18.4 Å². The van der Waals surface area contributed by atoms with E-state index in [1.165, 1.54) is 17.0 Å². The molecule has 2 rings (SSSR count). The smallest absolute Gasteiger partial charge is 0.227 e. The molecule has 0 atom stereocenters. The van der Waals surface area contributed by atoms with Crippen molar-refractivity contribution in [3.63, 3.8) is 0 Å². The maximum Gasteiger partial charge on any atom is 0.227 e. The quantitative estimate of drug-likeness (QED) is 0.719. The number of hydrogen-bond acceptors (Lipinski definition) is 3. The summed E-state index contributed by atoms with van der Waals surface area (Å²) in [5, 5.41) is 11.4. The Labute approximate surface area is 162 Å². The van der Waals surface area contributed by atoms with Gasteiger partial charge in [-0.05, 0) is 36.2 Å². The van der Waals surface area contributed by atoms with Crippen molar-refractivity contribution >= 4 is 17.5 Å². The molecule has 5 nitrogen and oxygen atoms in total. The zero-order chi connectivity index (χ0) is 20.4. The number of carbonyl (C=O) groups is 2. The predicted molar refractivity (Wildman–Crippen MR) is 101 cm³/mol. The van der Waals surface area contributed by atoms with Crippen LogP contribution in [0.4, 0.5) is 14.5 Å². The van der Waals surface area contributed by atoms with Crippen molar-refractivity contribution in [3.8, 4) is 6.07 Å². The van der Waals surface area contributed by atoms with Crippen LogP contribution >= 0.6 is 0 Å². The summed E-state index contributed by atoms with van der Waals surface area (Å²) in [6.07, 6.45) is 0.469. The number of nitrogens with one attached hydrogen (secondary N) is 1. The SMILES string of the molecule is N#CCCN(C(=O)CCC(=O)NCCc1cc(F)cc(F)c1)c1ccccc1. The molecule has 2 amide bonds. The molecule has 146 valence electrons. The molecule has 0 saturated carbocycles. The van der Waals surface area contributed by atoms with Gasteiger partial charge in [0.25, 0.3) is 0 Å². The molecular formula is C21H21F2N3O2.